The van der Waals surface area contributed by atoms with Crippen LogP contribution < -0.4 is 11.5 Å². The van der Waals surface area contributed by atoms with Crippen LogP contribution in [0.1, 0.15) is 33.1 Å². The van der Waals surface area contributed by atoms with Gasteiger partial charge in [0.2, 0.25) is 5.91 Å². The first-order valence-corrected chi connectivity index (χ1v) is 6.11. The summed E-state index contributed by atoms with van der Waals surface area (Å²) in [5, 5.41) is 0. The van der Waals surface area contributed by atoms with Crippen molar-refractivity contribution in [3.8, 4) is 0 Å². The van der Waals surface area contributed by atoms with E-state index in [-0.39, 0.29) is 5.91 Å². The third kappa shape index (κ3) is 9.86. The number of nitrogens with two attached hydrogens (primary N) is 2. The maximum atomic E-state index is 10.9. The number of carbonyl (C=O) groups excluding carboxylic acids is 1. The average Bonchev–Trinajstić information content (AvgIpc) is 2.09. The molecule has 4 nitrogen and oxygen atoms in total. The zero-order valence-electron chi connectivity index (χ0n) is 10.2. The topological polar surface area (TPSA) is 72.3 Å². The van der Waals surface area contributed by atoms with E-state index in [9.17, 15) is 4.79 Å². The second-order valence-corrected chi connectivity index (χ2v) is 5.04. The highest BCUT2D eigenvalue weighted by Crippen LogP contribution is 2.03. The first-order valence-electron chi connectivity index (χ1n) is 5.70. The summed E-state index contributed by atoms with van der Waals surface area (Å²) in [6, 6.07) is 0. The van der Waals surface area contributed by atoms with E-state index in [1.165, 1.54) is 0 Å². The summed E-state index contributed by atoms with van der Waals surface area (Å²) < 4.78 is 0. The van der Waals surface area contributed by atoms with E-state index in [0.29, 0.717) is 17.5 Å². The maximum Gasteiger partial charge on any atom is 0.231 e. The van der Waals surface area contributed by atoms with E-state index < -0.39 is 0 Å². The Morgan fingerprint density at radius 1 is 1.31 bits per heavy atom. The zero-order chi connectivity index (χ0) is 12.6. The van der Waals surface area contributed by atoms with Crippen molar-refractivity contribution < 1.29 is 4.79 Å². The molecule has 94 valence electrons. The fourth-order valence-electron chi connectivity index (χ4n) is 1.61. The summed E-state index contributed by atoms with van der Waals surface area (Å²) in [6.45, 7) is 6.37. The molecule has 0 aromatic heterocycles. The lowest BCUT2D eigenvalue weighted by atomic mass is 10.2. The molecule has 0 aliphatic rings. The Hall–Kier alpha value is -0.680. The molecular formula is C11H23N3OS. The number of hydrogen-bond acceptors (Lipinski definition) is 3. The molecule has 5 heteroatoms. The zero-order valence-corrected chi connectivity index (χ0v) is 11.1. The molecule has 0 spiro atoms. The van der Waals surface area contributed by atoms with E-state index in [4.69, 9.17) is 23.7 Å². The monoisotopic (exact) mass is 245 g/mol. The maximum absolute atomic E-state index is 10.9. The highest BCUT2D eigenvalue weighted by molar-refractivity contribution is 7.80. The van der Waals surface area contributed by atoms with E-state index in [2.05, 4.69) is 18.7 Å². The van der Waals surface area contributed by atoms with Gasteiger partial charge in [0.15, 0.2) is 0 Å². The minimum atomic E-state index is -0.269. The Bertz CT molecular complexity index is 231. The number of nitrogens with zero attached hydrogens (tertiary/aromatic N) is 1. The minimum absolute atomic E-state index is 0.269. The summed E-state index contributed by atoms with van der Waals surface area (Å²) in [7, 11) is 0. The summed E-state index contributed by atoms with van der Waals surface area (Å²) in [4.78, 5) is 13.5. The normalized spacial score (nSPS) is 11.0. The number of thiocarbonyl (C=S) groups is 1. The summed E-state index contributed by atoms with van der Waals surface area (Å²) in [5.41, 5.74) is 10.6. The highest BCUT2D eigenvalue weighted by atomic mass is 32.1. The first kappa shape index (κ1) is 15.3. The Labute approximate surface area is 103 Å². The first-order chi connectivity index (χ1) is 7.41. The van der Waals surface area contributed by atoms with Crippen molar-refractivity contribution in [2.45, 2.75) is 33.1 Å². The third-order valence-electron chi connectivity index (χ3n) is 2.15. The van der Waals surface area contributed by atoms with Gasteiger partial charge >= 0.3 is 0 Å². The Kier molecular flexibility index (Phi) is 8.11. The smallest absolute Gasteiger partial charge is 0.231 e. The van der Waals surface area contributed by atoms with Crippen molar-refractivity contribution in [1.82, 2.24) is 4.90 Å². The molecule has 0 radical (unpaired) electrons. The predicted octanol–water partition coefficient (Wildman–Crippen LogP) is 0.886. The van der Waals surface area contributed by atoms with Crippen molar-refractivity contribution in [3.63, 3.8) is 0 Å². The van der Waals surface area contributed by atoms with Gasteiger partial charge in [-0.25, -0.2) is 0 Å². The summed E-state index contributed by atoms with van der Waals surface area (Å²) in [6.07, 6.45) is 2.75. The van der Waals surface area contributed by atoms with Crippen LogP contribution in [0.3, 0.4) is 0 Å². The molecule has 16 heavy (non-hydrogen) atoms. The molecule has 0 saturated carbocycles. The number of hydrogen-bond donors (Lipinski definition) is 2. The molecule has 4 N–H and O–H groups in total. The van der Waals surface area contributed by atoms with Gasteiger partial charge in [0.1, 0.15) is 0 Å². The molecule has 0 rings (SSSR count). The average molecular weight is 245 g/mol. The Morgan fingerprint density at radius 3 is 2.38 bits per heavy atom. The lowest BCUT2D eigenvalue weighted by Gasteiger charge is -2.22. The molecule has 0 aromatic carbocycles. The number of rotatable bonds is 9. The SMILES string of the molecule is CC(C)CN(CCCCC(N)=S)CC(N)=O. The van der Waals surface area contributed by atoms with Crippen LogP contribution in [0.2, 0.25) is 0 Å². The second kappa shape index (κ2) is 8.47. The molecule has 0 aromatic rings. The standard InChI is InChI=1S/C11H23N3OS/c1-9(2)7-14(8-10(12)15)6-4-3-5-11(13)16/h9H,3-8H2,1-2H3,(H2,12,15)(H2,13,16). The fourth-order valence-corrected chi connectivity index (χ4v) is 1.75. The molecule has 0 aliphatic carbocycles. The summed E-state index contributed by atoms with van der Waals surface area (Å²) >= 11 is 4.80. The van der Waals surface area contributed by atoms with Crippen molar-refractivity contribution in [2.75, 3.05) is 19.6 Å². The predicted molar refractivity (Wildman–Crippen MR) is 71.1 cm³/mol. The van der Waals surface area contributed by atoms with E-state index in [0.717, 1.165) is 32.4 Å². The molecule has 1 amide bonds. The molecule has 0 unspecified atom stereocenters. The van der Waals surface area contributed by atoms with Gasteiger partial charge < -0.3 is 11.5 Å². The lowest BCUT2D eigenvalue weighted by molar-refractivity contribution is -0.119. The van der Waals surface area contributed by atoms with Crippen molar-refractivity contribution in [1.29, 1.82) is 0 Å². The van der Waals surface area contributed by atoms with Crippen LogP contribution in [0.4, 0.5) is 0 Å². The van der Waals surface area contributed by atoms with E-state index in [1.54, 1.807) is 0 Å². The number of amides is 1. The molecular weight excluding hydrogens is 222 g/mol. The third-order valence-corrected chi connectivity index (χ3v) is 2.35. The van der Waals surface area contributed by atoms with E-state index in [1.807, 2.05) is 0 Å². The van der Waals surface area contributed by atoms with Gasteiger partial charge in [0.05, 0.1) is 11.5 Å². The van der Waals surface area contributed by atoms with Gasteiger partial charge in [0, 0.05) is 6.54 Å². The second-order valence-electron chi connectivity index (χ2n) is 4.52. The quantitative estimate of drug-likeness (QED) is 0.467. The largest absolute Gasteiger partial charge is 0.393 e. The molecule has 0 atom stereocenters. The van der Waals surface area contributed by atoms with Crippen LogP contribution in [-0.2, 0) is 4.79 Å². The van der Waals surface area contributed by atoms with Gasteiger partial charge in [-0.1, -0.05) is 26.1 Å². The van der Waals surface area contributed by atoms with E-state index >= 15 is 0 Å². The Balaban J connectivity index is 3.82. The van der Waals surface area contributed by atoms with Crippen molar-refractivity contribution in [3.05, 3.63) is 0 Å². The van der Waals surface area contributed by atoms with Gasteiger partial charge in [0.25, 0.3) is 0 Å². The summed E-state index contributed by atoms with van der Waals surface area (Å²) in [5.74, 6) is 0.268. The van der Waals surface area contributed by atoms with Gasteiger partial charge in [-0.3, -0.25) is 9.69 Å². The van der Waals surface area contributed by atoms with Crippen LogP contribution in [-0.4, -0.2) is 35.4 Å². The molecule has 0 aliphatic heterocycles. The van der Waals surface area contributed by atoms with Crippen LogP contribution in [0.15, 0.2) is 0 Å². The molecule has 0 saturated heterocycles. The van der Waals surface area contributed by atoms with Gasteiger partial charge in [-0.05, 0) is 31.7 Å². The lowest BCUT2D eigenvalue weighted by Crippen LogP contribution is -2.36. The van der Waals surface area contributed by atoms with Crippen LogP contribution in [0.5, 0.6) is 0 Å². The molecule has 0 bridgehead atoms. The number of unbranched alkanes of at least 4 members (excludes halogenated alkanes) is 1. The van der Waals surface area contributed by atoms with Gasteiger partial charge in [-0.2, -0.15) is 0 Å². The van der Waals surface area contributed by atoms with Crippen molar-refractivity contribution >= 4 is 23.1 Å². The Morgan fingerprint density at radius 2 is 1.94 bits per heavy atom. The number of carbonyl (C=O) groups is 1. The van der Waals surface area contributed by atoms with Crippen molar-refractivity contribution in [2.24, 2.45) is 17.4 Å². The number of primary amides is 1. The van der Waals surface area contributed by atoms with Crippen LogP contribution in [0, 0.1) is 5.92 Å². The highest BCUT2D eigenvalue weighted by Gasteiger charge is 2.09. The van der Waals surface area contributed by atoms with Gasteiger partial charge in [-0.15, -0.1) is 0 Å². The minimum Gasteiger partial charge on any atom is -0.393 e. The van der Waals surface area contributed by atoms with Crippen LogP contribution in [0.25, 0.3) is 0 Å². The van der Waals surface area contributed by atoms with Crippen LogP contribution >= 0.6 is 12.2 Å². The molecule has 0 heterocycles. The molecule has 0 fully saturated rings. The fraction of sp³-hybridized carbons (Fsp3) is 0.818.